The van der Waals surface area contributed by atoms with Gasteiger partial charge in [0.25, 0.3) is 0 Å². The molecule has 1 aliphatic rings. The Morgan fingerprint density at radius 2 is 1.96 bits per heavy atom. The molecule has 0 spiro atoms. The fraction of sp³-hybridized carbons (Fsp3) is 0.588. The number of aliphatic hydroxyl groups is 1. The van der Waals surface area contributed by atoms with Crippen LogP contribution < -0.4 is 5.32 Å². The van der Waals surface area contributed by atoms with Crippen LogP contribution in [0, 0.1) is 0 Å². The number of carbonyl (C=O) groups excluding carboxylic acids is 1. The van der Waals surface area contributed by atoms with Crippen LogP contribution in [0.15, 0.2) is 24.3 Å². The number of hydrogen-bond donors (Lipinski definition) is 2. The Hall–Kier alpha value is -1.14. The van der Waals surface area contributed by atoms with Gasteiger partial charge in [0.1, 0.15) is 0 Å². The normalized spacial score (nSPS) is 17.7. The van der Waals surface area contributed by atoms with Crippen molar-refractivity contribution in [3.8, 4) is 0 Å². The highest BCUT2D eigenvalue weighted by atomic mass is 35.5. The number of hydrogen-bond acceptors (Lipinski definition) is 4. The first-order valence-corrected chi connectivity index (χ1v) is 8.30. The molecule has 2 N–H and O–H groups in total. The maximum absolute atomic E-state index is 12.5. The number of benzene rings is 1. The van der Waals surface area contributed by atoms with E-state index in [9.17, 15) is 9.90 Å². The second-order valence-electron chi connectivity index (χ2n) is 6.41. The number of carbonyl (C=O) groups is 1. The summed E-state index contributed by atoms with van der Waals surface area (Å²) < 4.78 is 5.28. The van der Waals surface area contributed by atoms with Crippen LogP contribution in [0.4, 0.5) is 0 Å². The summed E-state index contributed by atoms with van der Waals surface area (Å²) in [6.07, 6.45) is -0.585. The number of amides is 1. The number of ether oxygens (including phenoxy) is 1. The molecule has 23 heavy (non-hydrogen) atoms. The SMILES string of the molecule is CC(C)(C(=O)NCC(O)CN1CCOCC1)c1ccc(Cl)cc1. The third-order valence-electron chi connectivity index (χ3n) is 4.20. The first-order valence-electron chi connectivity index (χ1n) is 7.92. The lowest BCUT2D eigenvalue weighted by Gasteiger charge is -2.29. The van der Waals surface area contributed by atoms with Gasteiger partial charge in [-0.2, -0.15) is 0 Å². The maximum atomic E-state index is 12.5. The van der Waals surface area contributed by atoms with Crippen molar-refractivity contribution < 1.29 is 14.6 Å². The summed E-state index contributed by atoms with van der Waals surface area (Å²) in [4.78, 5) is 14.6. The minimum absolute atomic E-state index is 0.110. The maximum Gasteiger partial charge on any atom is 0.230 e. The van der Waals surface area contributed by atoms with E-state index < -0.39 is 11.5 Å². The highest BCUT2D eigenvalue weighted by molar-refractivity contribution is 6.30. The Morgan fingerprint density at radius 1 is 1.35 bits per heavy atom. The molecule has 128 valence electrons. The first-order chi connectivity index (χ1) is 10.9. The van der Waals surface area contributed by atoms with Gasteiger partial charge in [0.2, 0.25) is 5.91 Å². The summed E-state index contributed by atoms with van der Waals surface area (Å²) in [6.45, 7) is 7.55. The summed E-state index contributed by atoms with van der Waals surface area (Å²) in [5, 5.41) is 13.6. The van der Waals surface area contributed by atoms with E-state index in [4.69, 9.17) is 16.3 Å². The molecule has 2 rings (SSSR count). The molecule has 0 radical (unpaired) electrons. The quantitative estimate of drug-likeness (QED) is 0.822. The smallest absolute Gasteiger partial charge is 0.230 e. The van der Waals surface area contributed by atoms with Gasteiger partial charge in [0.05, 0.1) is 24.7 Å². The van der Waals surface area contributed by atoms with Crippen molar-refractivity contribution in [2.24, 2.45) is 0 Å². The number of morpholine rings is 1. The predicted octanol–water partition coefficient (Wildman–Crippen LogP) is 1.43. The van der Waals surface area contributed by atoms with Crippen molar-refractivity contribution in [1.82, 2.24) is 10.2 Å². The standard InChI is InChI=1S/C17H25ClN2O3/c1-17(2,13-3-5-14(18)6-4-13)16(22)19-11-15(21)12-20-7-9-23-10-8-20/h3-6,15,21H,7-12H2,1-2H3,(H,19,22). The molecule has 0 bridgehead atoms. The Morgan fingerprint density at radius 3 is 2.57 bits per heavy atom. The lowest BCUT2D eigenvalue weighted by atomic mass is 9.83. The number of halogens is 1. The third kappa shape index (κ3) is 5.18. The third-order valence-corrected chi connectivity index (χ3v) is 4.46. The van der Waals surface area contributed by atoms with Gasteiger partial charge >= 0.3 is 0 Å². The van der Waals surface area contributed by atoms with Gasteiger partial charge in [0, 0.05) is 31.2 Å². The minimum Gasteiger partial charge on any atom is -0.390 e. The molecule has 0 aliphatic carbocycles. The average Bonchev–Trinajstić information content (AvgIpc) is 2.54. The largest absolute Gasteiger partial charge is 0.390 e. The molecule has 1 saturated heterocycles. The van der Waals surface area contributed by atoms with Gasteiger partial charge < -0.3 is 15.2 Å². The summed E-state index contributed by atoms with van der Waals surface area (Å²) in [5.74, 6) is -0.110. The average molecular weight is 341 g/mol. The van der Waals surface area contributed by atoms with E-state index in [1.54, 1.807) is 12.1 Å². The first kappa shape index (κ1) is 18.2. The molecule has 5 nitrogen and oxygen atoms in total. The Labute approximate surface area is 142 Å². The number of aliphatic hydroxyl groups excluding tert-OH is 1. The van der Waals surface area contributed by atoms with E-state index in [0.717, 1.165) is 18.7 Å². The summed E-state index contributed by atoms with van der Waals surface area (Å²) in [7, 11) is 0. The van der Waals surface area contributed by atoms with E-state index in [-0.39, 0.29) is 12.5 Å². The van der Waals surface area contributed by atoms with Crippen molar-refractivity contribution in [1.29, 1.82) is 0 Å². The zero-order valence-electron chi connectivity index (χ0n) is 13.7. The summed E-state index contributed by atoms with van der Waals surface area (Å²) in [6, 6.07) is 7.26. The van der Waals surface area contributed by atoms with Crippen molar-refractivity contribution in [2.45, 2.75) is 25.4 Å². The minimum atomic E-state index is -0.677. The van der Waals surface area contributed by atoms with Gasteiger partial charge in [-0.05, 0) is 31.5 Å². The monoisotopic (exact) mass is 340 g/mol. The number of rotatable bonds is 6. The molecule has 6 heteroatoms. The number of β-amino-alcohol motifs (C(OH)–C–C–N with tert-alkyl or cyclic N) is 1. The van der Waals surface area contributed by atoms with E-state index in [2.05, 4.69) is 10.2 Å². The molecule has 1 atom stereocenters. The fourth-order valence-corrected chi connectivity index (χ4v) is 2.70. The number of nitrogens with zero attached hydrogens (tertiary/aromatic N) is 1. The molecule has 1 aliphatic heterocycles. The molecule has 1 aromatic carbocycles. The molecular weight excluding hydrogens is 316 g/mol. The fourth-order valence-electron chi connectivity index (χ4n) is 2.58. The molecule has 1 amide bonds. The Kier molecular flexibility index (Phi) is 6.41. The van der Waals surface area contributed by atoms with Crippen molar-refractivity contribution in [3.05, 3.63) is 34.9 Å². The van der Waals surface area contributed by atoms with Crippen molar-refractivity contribution in [3.63, 3.8) is 0 Å². The molecule has 0 saturated carbocycles. The lowest BCUT2D eigenvalue weighted by molar-refractivity contribution is -0.126. The van der Waals surface area contributed by atoms with Gasteiger partial charge in [-0.15, -0.1) is 0 Å². The number of nitrogens with one attached hydrogen (secondary N) is 1. The highest BCUT2D eigenvalue weighted by Gasteiger charge is 2.30. The van der Waals surface area contributed by atoms with E-state index in [1.807, 2.05) is 26.0 Å². The van der Waals surface area contributed by atoms with Crippen LogP contribution in [0.25, 0.3) is 0 Å². The molecule has 1 heterocycles. The summed E-state index contributed by atoms with van der Waals surface area (Å²) >= 11 is 5.89. The molecule has 1 aromatic rings. The van der Waals surface area contributed by atoms with Crippen LogP contribution in [-0.2, 0) is 14.9 Å². The zero-order chi connectivity index (χ0) is 16.9. The van der Waals surface area contributed by atoms with Crippen LogP contribution in [0.1, 0.15) is 19.4 Å². The predicted molar refractivity (Wildman–Crippen MR) is 90.8 cm³/mol. The highest BCUT2D eigenvalue weighted by Crippen LogP contribution is 2.24. The second kappa shape index (κ2) is 8.11. The van der Waals surface area contributed by atoms with Crippen LogP contribution >= 0.6 is 11.6 Å². The Balaban J connectivity index is 1.83. The molecule has 0 aromatic heterocycles. The topological polar surface area (TPSA) is 61.8 Å². The zero-order valence-corrected chi connectivity index (χ0v) is 14.5. The van der Waals surface area contributed by atoms with Gasteiger partial charge in [-0.25, -0.2) is 0 Å². The summed E-state index contributed by atoms with van der Waals surface area (Å²) in [5.41, 5.74) is 0.213. The molecule has 1 unspecified atom stereocenters. The van der Waals surface area contributed by atoms with Gasteiger partial charge in [-0.1, -0.05) is 23.7 Å². The van der Waals surface area contributed by atoms with Crippen LogP contribution in [0.2, 0.25) is 5.02 Å². The van der Waals surface area contributed by atoms with E-state index in [0.29, 0.717) is 24.8 Å². The van der Waals surface area contributed by atoms with Gasteiger partial charge in [-0.3, -0.25) is 9.69 Å². The molecular formula is C17H25ClN2O3. The Bertz CT molecular complexity index is 513. The van der Waals surface area contributed by atoms with Crippen LogP contribution in [-0.4, -0.2) is 61.4 Å². The van der Waals surface area contributed by atoms with Gasteiger partial charge in [0.15, 0.2) is 0 Å². The second-order valence-corrected chi connectivity index (χ2v) is 6.85. The molecule has 1 fully saturated rings. The van der Waals surface area contributed by atoms with E-state index >= 15 is 0 Å². The van der Waals surface area contributed by atoms with Crippen molar-refractivity contribution in [2.75, 3.05) is 39.4 Å². The van der Waals surface area contributed by atoms with Crippen molar-refractivity contribution >= 4 is 17.5 Å². The van der Waals surface area contributed by atoms with Crippen LogP contribution in [0.3, 0.4) is 0 Å². The lowest BCUT2D eigenvalue weighted by Crippen LogP contribution is -2.47. The van der Waals surface area contributed by atoms with Crippen LogP contribution in [0.5, 0.6) is 0 Å². The van der Waals surface area contributed by atoms with E-state index in [1.165, 1.54) is 0 Å².